The number of nitrogens with zero attached hydrogens (tertiary/aromatic N) is 2. The predicted octanol–water partition coefficient (Wildman–Crippen LogP) is 4.48. The second-order valence-electron chi connectivity index (χ2n) is 8.92. The van der Waals surface area contributed by atoms with Gasteiger partial charge in [-0.25, -0.2) is 8.78 Å². The number of amides is 1. The number of methoxy groups -OCH3 is 1. The van der Waals surface area contributed by atoms with Crippen molar-refractivity contribution in [2.45, 2.75) is 19.0 Å². The molecule has 5 nitrogen and oxygen atoms in total. The predicted molar refractivity (Wildman–Crippen MR) is 128 cm³/mol. The van der Waals surface area contributed by atoms with Crippen LogP contribution in [0.25, 0.3) is 0 Å². The summed E-state index contributed by atoms with van der Waals surface area (Å²) < 4.78 is 32.1. The van der Waals surface area contributed by atoms with Crippen molar-refractivity contribution in [1.29, 1.82) is 0 Å². The molecule has 34 heavy (non-hydrogen) atoms. The number of carbonyl (C=O) groups is 1. The summed E-state index contributed by atoms with van der Waals surface area (Å²) >= 11 is 0. The topological polar surface area (TPSA) is 44.8 Å². The summed E-state index contributed by atoms with van der Waals surface area (Å²) in [5, 5.41) is 2.98. The normalized spacial score (nSPS) is 19.8. The highest BCUT2D eigenvalue weighted by atomic mass is 19.1. The molecule has 0 spiro atoms. The summed E-state index contributed by atoms with van der Waals surface area (Å²) in [5.74, 6) is -0.147. The molecule has 2 atom stereocenters. The molecule has 0 bridgehead atoms. The molecular weight excluding hydrogens is 436 g/mol. The van der Waals surface area contributed by atoms with Crippen molar-refractivity contribution >= 4 is 17.3 Å². The monoisotopic (exact) mass is 463 g/mol. The van der Waals surface area contributed by atoms with Gasteiger partial charge >= 0.3 is 0 Å². The number of hydrogen-bond acceptors (Lipinski definition) is 4. The van der Waals surface area contributed by atoms with Crippen LogP contribution in [0, 0.1) is 17.6 Å². The van der Waals surface area contributed by atoms with Gasteiger partial charge in [0.25, 0.3) is 0 Å². The third-order valence-electron chi connectivity index (χ3n) is 6.78. The van der Waals surface area contributed by atoms with E-state index in [-0.39, 0.29) is 29.5 Å². The third-order valence-corrected chi connectivity index (χ3v) is 6.78. The molecule has 176 valence electrons. The maximum atomic E-state index is 13.4. The average Bonchev–Trinajstić information content (AvgIpc) is 2.86. The SMILES string of the molecule is COc1ccc2c(c1)N1CCN(Cc3ccc(F)cc3)C[C@@H]1[C@@H](C(=O)Nc1ccc(F)cc1)C2. The van der Waals surface area contributed by atoms with Gasteiger partial charge in [-0.15, -0.1) is 0 Å². The van der Waals surface area contributed by atoms with Crippen molar-refractivity contribution in [2.75, 3.05) is 37.0 Å². The molecule has 2 heterocycles. The maximum Gasteiger partial charge on any atom is 0.229 e. The molecule has 1 amide bonds. The number of carbonyl (C=O) groups excluding carboxylic acids is 1. The van der Waals surface area contributed by atoms with Crippen LogP contribution in [0.15, 0.2) is 66.7 Å². The molecule has 2 aliphatic rings. The first-order chi connectivity index (χ1) is 16.5. The second-order valence-corrected chi connectivity index (χ2v) is 8.92. The van der Waals surface area contributed by atoms with Crippen molar-refractivity contribution in [2.24, 2.45) is 5.92 Å². The molecule has 2 aliphatic heterocycles. The Bertz CT molecular complexity index is 1170. The molecule has 0 unspecified atom stereocenters. The van der Waals surface area contributed by atoms with E-state index in [1.54, 1.807) is 19.2 Å². The minimum Gasteiger partial charge on any atom is -0.497 e. The van der Waals surface area contributed by atoms with E-state index in [1.165, 1.54) is 24.3 Å². The van der Waals surface area contributed by atoms with Crippen LogP contribution in [0.5, 0.6) is 5.75 Å². The van der Waals surface area contributed by atoms with Crippen LogP contribution in [0.3, 0.4) is 0 Å². The van der Waals surface area contributed by atoms with E-state index in [4.69, 9.17) is 4.74 Å². The number of piperazine rings is 1. The molecule has 0 aliphatic carbocycles. The minimum absolute atomic E-state index is 0.0331. The quantitative estimate of drug-likeness (QED) is 0.606. The fourth-order valence-electron chi connectivity index (χ4n) is 5.02. The highest BCUT2D eigenvalue weighted by Crippen LogP contribution is 2.38. The van der Waals surface area contributed by atoms with E-state index in [0.717, 1.165) is 35.7 Å². The fourth-order valence-corrected chi connectivity index (χ4v) is 5.02. The van der Waals surface area contributed by atoms with Crippen LogP contribution in [-0.4, -0.2) is 43.6 Å². The van der Waals surface area contributed by atoms with Gasteiger partial charge < -0.3 is 15.0 Å². The number of nitrogens with one attached hydrogen (secondary N) is 1. The largest absolute Gasteiger partial charge is 0.497 e. The van der Waals surface area contributed by atoms with Crippen LogP contribution >= 0.6 is 0 Å². The lowest BCUT2D eigenvalue weighted by molar-refractivity contribution is -0.121. The van der Waals surface area contributed by atoms with Crippen molar-refractivity contribution in [3.63, 3.8) is 0 Å². The molecule has 1 saturated heterocycles. The van der Waals surface area contributed by atoms with Crippen LogP contribution in [-0.2, 0) is 17.8 Å². The van der Waals surface area contributed by atoms with Gasteiger partial charge in [-0.2, -0.15) is 0 Å². The smallest absolute Gasteiger partial charge is 0.229 e. The highest BCUT2D eigenvalue weighted by Gasteiger charge is 2.41. The standard InChI is InChI=1S/C27H27F2N3O2/c1-34-23-11-4-19-14-24(27(33)30-22-9-7-21(29)8-10-22)26-17-31(12-13-32(26)25(19)15-23)16-18-2-5-20(28)6-3-18/h2-11,15,24,26H,12-14,16-17H2,1H3,(H,30,33)/t24-,26+/m0/s1. The summed E-state index contributed by atoms with van der Waals surface area (Å²) in [6.07, 6.45) is 0.609. The first-order valence-corrected chi connectivity index (χ1v) is 11.5. The van der Waals surface area contributed by atoms with Gasteiger partial charge in [0, 0.05) is 43.6 Å². The zero-order valence-corrected chi connectivity index (χ0v) is 19.0. The number of halogens is 2. The summed E-state index contributed by atoms with van der Waals surface area (Å²) in [6.45, 7) is 3.00. The second kappa shape index (κ2) is 9.43. The van der Waals surface area contributed by atoms with E-state index in [2.05, 4.69) is 15.1 Å². The van der Waals surface area contributed by atoms with Gasteiger partial charge in [-0.3, -0.25) is 9.69 Å². The van der Waals surface area contributed by atoms with Crippen molar-refractivity contribution in [3.05, 3.63) is 89.5 Å². The Morgan fingerprint density at radius 3 is 2.41 bits per heavy atom. The lowest BCUT2D eigenvalue weighted by Crippen LogP contribution is -2.60. The molecule has 5 rings (SSSR count). The Balaban J connectivity index is 1.41. The Morgan fingerprint density at radius 2 is 1.71 bits per heavy atom. The average molecular weight is 464 g/mol. The number of benzene rings is 3. The van der Waals surface area contributed by atoms with Crippen LogP contribution in [0.1, 0.15) is 11.1 Å². The molecule has 0 aromatic heterocycles. The Kier molecular flexibility index (Phi) is 6.20. The van der Waals surface area contributed by atoms with E-state index in [1.807, 2.05) is 30.3 Å². The lowest BCUT2D eigenvalue weighted by atomic mass is 9.83. The number of rotatable bonds is 5. The zero-order chi connectivity index (χ0) is 23.7. The molecule has 3 aromatic carbocycles. The van der Waals surface area contributed by atoms with E-state index in [9.17, 15) is 13.6 Å². The summed E-state index contributed by atoms with van der Waals surface area (Å²) in [4.78, 5) is 18.1. The van der Waals surface area contributed by atoms with Crippen LogP contribution in [0.4, 0.5) is 20.2 Å². The first kappa shape index (κ1) is 22.3. The maximum absolute atomic E-state index is 13.4. The molecule has 1 N–H and O–H groups in total. The number of hydrogen-bond donors (Lipinski definition) is 1. The zero-order valence-electron chi connectivity index (χ0n) is 19.0. The van der Waals surface area contributed by atoms with Gasteiger partial charge in [0.15, 0.2) is 0 Å². The van der Waals surface area contributed by atoms with Gasteiger partial charge in [0.1, 0.15) is 17.4 Å². The molecule has 3 aromatic rings. The molecule has 1 fully saturated rings. The van der Waals surface area contributed by atoms with E-state index in [0.29, 0.717) is 25.2 Å². The van der Waals surface area contributed by atoms with E-state index >= 15 is 0 Å². The third kappa shape index (κ3) is 4.61. The summed E-state index contributed by atoms with van der Waals surface area (Å²) in [7, 11) is 1.65. The Labute approximate surface area is 197 Å². The number of anilines is 2. The molecule has 0 radical (unpaired) electrons. The number of fused-ring (bicyclic) bond motifs is 3. The highest BCUT2D eigenvalue weighted by molar-refractivity contribution is 5.94. The Morgan fingerprint density at radius 1 is 1.00 bits per heavy atom. The van der Waals surface area contributed by atoms with Gasteiger partial charge in [0.05, 0.1) is 19.1 Å². The molecule has 7 heteroatoms. The van der Waals surface area contributed by atoms with E-state index < -0.39 is 0 Å². The molecular formula is C27H27F2N3O2. The fraction of sp³-hybridized carbons (Fsp3) is 0.296. The van der Waals surface area contributed by atoms with Crippen molar-refractivity contribution in [3.8, 4) is 5.75 Å². The summed E-state index contributed by atoms with van der Waals surface area (Å²) in [6, 6.07) is 18.4. The van der Waals surface area contributed by atoms with Crippen LogP contribution in [0.2, 0.25) is 0 Å². The van der Waals surface area contributed by atoms with Gasteiger partial charge in [0.2, 0.25) is 5.91 Å². The van der Waals surface area contributed by atoms with Gasteiger partial charge in [-0.05, 0) is 60.0 Å². The Hall–Kier alpha value is -3.45. The molecule has 0 saturated carbocycles. The lowest BCUT2D eigenvalue weighted by Gasteiger charge is -2.49. The van der Waals surface area contributed by atoms with Gasteiger partial charge in [-0.1, -0.05) is 18.2 Å². The van der Waals surface area contributed by atoms with Crippen LogP contribution < -0.4 is 15.0 Å². The number of ether oxygens (including phenoxy) is 1. The summed E-state index contributed by atoms with van der Waals surface area (Å²) in [5.41, 5.74) is 3.84. The van der Waals surface area contributed by atoms with Crippen molar-refractivity contribution in [1.82, 2.24) is 4.90 Å². The minimum atomic E-state index is -0.339. The van der Waals surface area contributed by atoms with Crippen molar-refractivity contribution < 1.29 is 18.3 Å². The first-order valence-electron chi connectivity index (χ1n) is 11.5.